The van der Waals surface area contributed by atoms with Gasteiger partial charge in [0.2, 0.25) is 0 Å². The van der Waals surface area contributed by atoms with Crippen LogP contribution in [-0.4, -0.2) is 16.7 Å². The number of aliphatic hydroxyl groups is 1. The summed E-state index contributed by atoms with van der Waals surface area (Å²) >= 11 is 11.9. The van der Waals surface area contributed by atoms with E-state index in [9.17, 15) is 14.7 Å². The zero-order valence-electron chi connectivity index (χ0n) is 12.6. The maximum absolute atomic E-state index is 12.8. The quantitative estimate of drug-likeness (QED) is 0.466. The fraction of sp³-hybridized carbons (Fsp3) is 0.158. The van der Waals surface area contributed by atoms with Gasteiger partial charge < -0.3 is 5.11 Å². The summed E-state index contributed by atoms with van der Waals surface area (Å²) in [6.45, 7) is 0. The van der Waals surface area contributed by atoms with Crippen LogP contribution in [0.1, 0.15) is 29.9 Å². The van der Waals surface area contributed by atoms with E-state index in [0.717, 1.165) is 5.56 Å². The summed E-state index contributed by atoms with van der Waals surface area (Å²) in [6, 6.07) is 13.8. The average Bonchev–Trinajstić information content (AvgIpc) is 2.55. The van der Waals surface area contributed by atoms with Crippen molar-refractivity contribution >= 4 is 40.5 Å². The van der Waals surface area contributed by atoms with Crippen LogP contribution in [0.25, 0.3) is 5.76 Å². The molecule has 0 aromatic heterocycles. The predicted molar refractivity (Wildman–Crippen MR) is 94.4 cm³/mol. The van der Waals surface area contributed by atoms with Gasteiger partial charge >= 0.3 is 0 Å². The van der Waals surface area contributed by atoms with E-state index >= 15 is 0 Å². The van der Waals surface area contributed by atoms with Crippen LogP contribution in [-0.2, 0) is 9.59 Å². The van der Waals surface area contributed by atoms with Crippen molar-refractivity contribution < 1.29 is 14.7 Å². The van der Waals surface area contributed by atoms with Gasteiger partial charge in [-0.3, -0.25) is 9.59 Å². The molecule has 0 amide bonds. The van der Waals surface area contributed by atoms with Gasteiger partial charge in [-0.2, -0.15) is 0 Å². The Kier molecular flexibility index (Phi) is 4.74. The van der Waals surface area contributed by atoms with Gasteiger partial charge in [-0.1, -0.05) is 53.5 Å². The van der Waals surface area contributed by atoms with Gasteiger partial charge in [0.05, 0.1) is 5.02 Å². The molecular formula is C19H14Cl2O3. The third-order valence-electron chi connectivity index (χ3n) is 4.13. The molecule has 2 aromatic carbocycles. The third kappa shape index (κ3) is 3.10. The summed E-state index contributed by atoms with van der Waals surface area (Å²) < 4.78 is 0. The minimum atomic E-state index is -0.438. The number of ketones is 2. The van der Waals surface area contributed by atoms with E-state index < -0.39 is 5.92 Å². The Morgan fingerprint density at radius 1 is 1.04 bits per heavy atom. The minimum Gasteiger partial charge on any atom is -0.506 e. The van der Waals surface area contributed by atoms with E-state index in [1.54, 1.807) is 6.07 Å². The molecule has 1 atom stereocenters. The van der Waals surface area contributed by atoms with Crippen LogP contribution in [0, 0.1) is 0 Å². The van der Waals surface area contributed by atoms with E-state index in [2.05, 4.69) is 0 Å². The maximum atomic E-state index is 12.8. The second-order valence-electron chi connectivity index (χ2n) is 5.64. The number of carbonyl (C=O) groups excluding carboxylic acids is 2. The molecule has 1 aliphatic rings. The molecule has 0 unspecified atom stereocenters. The third-order valence-corrected chi connectivity index (χ3v) is 4.67. The molecule has 0 aliphatic heterocycles. The monoisotopic (exact) mass is 360 g/mol. The van der Waals surface area contributed by atoms with Gasteiger partial charge in [-0.05, 0) is 30.2 Å². The topological polar surface area (TPSA) is 54.4 Å². The number of carbonyl (C=O) groups is 2. The molecule has 1 aliphatic carbocycles. The Morgan fingerprint density at radius 2 is 1.75 bits per heavy atom. The molecule has 3 nitrogen and oxygen atoms in total. The van der Waals surface area contributed by atoms with Crippen LogP contribution in [0.15, 0.2) is 54.1 Å². The molecule has 24 heavy (non-hydrogen) atoms. The molecule has 0 radical (unpaired) electrons. The first-order valence-corrected chi connectivity index (χ1v) is 8.25. The van der Waals surface area contributed by atoms with Gasteiger partial charge in [-0.25, -0.2) is 0 Å². The molecule has 1 fully saturated rings. The molecule has 0 bridgehead atoms. The summed E-state index contributed by atoms with van der Waals surface area (Å²) in [5, 5.41) is 11.1. The molecule has 3 rings (SSSR count). The molecule has 0 spiro atoms. The Labute approximate surface area is 149 Å². The number of allylic oxidation sites excluding steroid dienone is 1. The number of hydrogen-bond donors (Lipinski definition) is 1. The van der Waals surface area contributed by atoms with Gasteiger partial charge in [0, 0.05) is 22.9 Å². The summed E-state index contributed by atoms with van der Waals surface area (Å²) in [5.41, 5.74) is 0.883. The standard InChI is InChI=1S/C19H14Cl2O3/c20-12-6-7-14(15(21)10-12)19(24)17-16(22)9-8-13(18(17)23)11-4-2-1-3-5-11/h1-7,10,13,24H,8-9H2/t13-/m0/s1. The minimum absolute atomic E-state index is 0.181. The molecule has 122 valence electrons. The van der Waals surface area contributed by atoms with E-state index in [1.165, 1.54) is 12.1 Å². The largest absolute Gasteiger partial charge is 0.506 e. The van der Waals surface area contributed by atoms with Crippen molar-refractivity contribution in [1.29, 1.82) is 0 Å². The van der Waals surface area contributed by atoms with E-state index in [4.69, 9.17) is 23.2 Å². The molecule has 2 aromatic rings. The van der Waals surface area contributed by atoms with E-state index in [1.807, 2.05) is 30.3 Å². The van der Waals surface area contributed by atoms with Gasteiger partial charge in [0.15, 0.2) is 11.6 Å². The Bertz CT molecular complexity index is 841. The molecule has 0 saturated heterocycles. The fourth-order valence-electron chi connectivity index (χ4n) is 2.91. The van der Waals surface area contributed by atoms with E-state index in [0.29, 0.717) is 11.4 Å². The summed E-state index contributed by atoms with van der Waals surface area (Å²) in [5.74, 6) is -1.56. The van der Waals surface area contributed by atoms with Crippen molar-refractivity contribution in [2.24, 2.45) is 0 Å². The predicted octanol–water partition coefficient (Wildman–Crippen LogP) is 4.98. The first kappa shape index (κ1) is 16.7. The van der Waals surface area contributed by atoms with Gasteiger partial charge in [0.25, 0.3) is 0 Å². The van der Waals surface area contributed by atoms with Crippen LogP contribution in [0.3, 0.4) is 0 Å². The maximum Gasteiger partial charge on any atom is 0.177 e. The number of hydrogen-bond acceptors (Lipinski definition) is 3. The van der Waals surface area contributed by atoms with Crippen molar-refractivity contribution in [2.75, 3.05) is 0 Å². The number of Topliss-reactive ketones (excluding diaryl/α,β-unsaturated/α-hetero) is 2. The van der Waals surface area contributed by atoms with Crippen molar-refractivity contribution in [2.45, 2.75) is 18.8 Å². The second-order valence-corrected chi connectivity index (χ2v) is 6.48. The summed E-state index contributed by atoms with van der Waals surface area (Å²) in [6.07, 6.45) is 0.642. The first-order chi connectivity index (χ1) is 11.5. The van der Waals surface area contributed by atoms with Gasteiger partial charge in [0.1, 0.15) is 11.3 Å². The lowest BCUT2D eigenvalue weighted by Crippen LogP contribution is -2.27. The van der Waals surface area contributed by atoms with Crippen LogP contribution in [0.2, 0.25) is 10.0 Å². The summed E-state index contributed by atoms with van der Waals surface area (Å²) in [7, 11) is 0. The second kappa shape index (κ2) is 6.80. The summed E-state index contributed by atoms with van der Waals surface area (Å²) in [4.78, 5) is 25.1. The number of halogens is 2. The number of aliphatic hydroxyl groups excluding tert-OH is 1. The molecule has 1 N–H and O–H groups in total. The molecule has 1 saturated carbocycles. The highest BCUT2D eigenvalue weighted by Crippen LogP contribution is 2.36. The van der Waals surface area contributed by atoms with Crippen molar-refractivity contribution in [1.82, 2.24) is 0 Å². The highest BCUT2D eigenvalue weighted by atomic mass is 35.5. The first-order valence-electron chi connectivity index (χ1n) is 7.50. The zero-order valence-corrected chi connectivity index (χ0v) is 14.1. The van der Waals surface area contributed by atoms with Crippen LogP contribution >= 0.6 is 23.2 Å². The Hall–Kier alpha value is -2.10. The lowest BCUT2D eigenvalue weighted by molar-refractivity contribution is -0.124. The molecule has 0 heterocycles. The average molecular weight is 361 g/mol. The fourth-order valence-corrected chi connectivity index (χ4v) is 3.41. The molecule has 5 heteroatoms. The van der Waals surface area contributed by atoms with Gasteiger partial charge in [-0.15, -0.1) is 0 Å². The van der Waals surface area contributed by atoms with Crippen molar-refractivity contribution in [3.05, 3.63) is 75.3 Å². The lowest BCUT2D eigenvalue weighted by atomic mass is 9.78. The smallest absolute Gasteiger partial charge is 0.177 e. The highest BCUT2D eigenvalue weighted by molar-refractivity contribution is 6.36. The zero-order chi connectivity index (χ0) is 17.3. The van der Waals surface area contributed by atoms with Crippen LogP contribution in [0.4, 0.5) is 0 Å². The lowest BCUT2D eigenvalue weighted by Gasteiger charge is -2.23. The Balaban J connectivity index is 2.07. The Morgan fingerprint density at radius 3 is 2.42 bits per heavy atom. The normalized spacial score (nSPS) is 20.2. The van der Waals surface area contributed by atoms with Crippen molar-refractivity contribution in [3.63, 3.8) is 0 Å². The number of rotatable bonds is 2. The van der Waals surface area contributed by atoms with Crippen molar-refractivity contribution in [3.8, 4) is 0 Å². The SMILES string of the molecule is O=C1CC[C@@H](c2ccccc2)C(=O)C1=C(O)c1ccc(Cl)cc1Cl. The van der Waals surface area contributed by atoms with E-state index in [-0.39, 0.29) is 39.9 Å². The van der Waals surface area contributed by atoms with Crippen LogP contribution < -0.4 is 0 Å². The molecular weight excluding hydrogens is 347 g/mol. The highest BCUT2D eigenvalue weighted by Gasteiger charge is 2.36. The number of benzene rings is 2. The van der Waals surface area contributed by atoms with Crippen LogP contribution in [0.5, 0.6) is 0 Å².